The molecule has 0 saturated carbocycles. The van der Waals surface area contributed by atoms with Crippen molar-refractivity contribution in [2.45, 2.75) is 44.9 Å². The molecule has 2 aliphatic heterocycles. The van der Waals surface area contributed by atoms with Gasteiger partial charge in [-0.2, -0.15) is 0 Å². The van der Waals surface area contributed by atoms with Gasteiger partial charge in [-0.05, 0) is 38.6 Å². The van der Waals surface area contributed by atoms with Crippen LogP contribution >= 0.6 is 0 Å². The average molecular weight is 374 g/mol. The minimum Gasteiger partial charge on any atom is -0.490 e. The fourth-order valence-electron chi connectivity index (χ4n) is 3.18. The molecule has 1 N–H and O–H groups in total. The van der Waals surface area contributed by atoms with Gasteiger partial charge in [0, 0.05) is 26.1 Å². The van der Waals surface area contributed by atoms with Gasteiger partial charge in [-0.3, -0.25) is 0 Å². The summed E-state index contributed by atoms with van der Waals surface area (Å²) in [5.74, 6) is -2.03. The van der Waals surface area contributed by atoms with Crippen molar-refractivity contribution in [3.05, 3.63) is 36.0 Å². The number of likely N-dealkylation sites (tertiary alicyclic amines) is 1. The maximum atomic E-state index is 12.0. The molecule has 1 unspecified atom stereocenters. The van der Waals surface area contributed by atoms with Crippen LogP contribution in [0.1, 0.15) is 33.1 Å². The van der Waals surface area contributed by atoms with E-state index in [1.807, 2.05) is 24.3 Å². The van der Waals surface area contributed by atoms with Crippen LogP contribution in [-0.2, 0) is 19.1 Å². The summed E-state index contributed by atoms with van der Waals surface area (Å²) in [6, 6.07) is 7.78. The Kier molecular flexibility index (Phi) is 5.70. The maximum absolute atomic E-state index is 12.0. The second-order valence-corrected chi connectivity index (χ2v) is 7.32. The molecule has 2 fully saturated rings. The molecule has 1 atom stereocenters. The minimum atomic E-state index is -1.25. The highest BCUT2D eigenvalue weighted by molar-refractivity contribution is 6.15. The Bertz CT molecular complexity index is 722. The molecule has 0 spiro atoms. The number of anilines is 1. The summed E-state index contributed by atoms with van der Waals surface area (Å²) < 4.78 is 16.2. The van der Waals surface area contributed by atoms with Gasteiger partial charge in [0.1, 0.15) is 12.4 Å². The van der Waals surface area contributed by atoms with Crippen molar-refractivity contribution in [2.24, 2.45) is 0 Å². The molecule has 27 heavy (non-hydrogen) atoms. The lowest BCUT2D eigenvalue weighted by molar-refractivity contribution is -0.222. The van der Waals surface area contributed by atoms with E-state index in [1.165, 1.54) is 32.9 Å². The van der Waals surface area contributed by atoms with Crippen LogP contribution in [0.15, 0.2) is 36.0 Å². The zero-order chi connectivity index (χ0) is 19.4. The first-order valence-corrected chi connectivity index (χ1v) is 9.21. The van der Waals surface area contributed by atoms with Gasteiger partial charge in [0.15, 0.2) is 5.57 Å². The van der Waals surface area contributed by atoms with Crippen molar-refractivity contribution >= 4 is 17.6 Å². The Labute approximate surface area is 159 Å². The fourth-order valence-corrected chi connectivity index (χ4v) is 3.18. The highest BCUT2D eigenvalue weighted by Gasteiger charge is 2.39. The lowest BCUT2D eigenvalue weighted by Crippen LogP contribution is -2.42. The molecule has 1 aromatic carbocycles. The van der Waals surface area contributed by atoms with E-state index in [9.17, 15) is 9.59 Å². The highest BCUT2D eigenvalue weighted by atomic mass is 16.7. The number of esters is 2. The van der Waals surface area contributed by atoms with E-state index in [0.717, 1.165) is 13.0 Å². The number of rotatable bonds is 5. The van der Waals surface area contributed by atoms with Gasteiger partial charge < -0.3 is 24.4 Å². The topological polar surface area (TPSA) is 77.1 Å². The minimum absolute atomic E-state index is 0.184. The number of nitrogens with one attached hydrogen (secondary N) is 1. The molecule has 2 saturated heterocycles. The molecule has 2 heterocycles. The average Bonchev–Trinajstić information content (AvgIpc) is 2.60. The molecule has 0 bridgehead atoms. The van der Waals surface area contributed by atoms with Crippen LogP contribution in [0.2, 0.25) is 0 Å². The predicted octanol–water partition coefficient (Wildman–Crippen LogP) is 2.68. The van der Waals surface area contributed by atoms with Crippen molar-refractivity contribution in [3.8, 4) is 5.75 Å². The van der Waals surface area contributed by atoms with Crippen molar-refractivity contribution in [2.75, 3.05) is 25.5 Å². The number of carbonyl (C=O) groups excluding carboxylic acids is 2. The number of para-hydroxylation sites is 2. The Morgan fingerprint density at radius 3 is 2.63 bits per heavy atom. The summed E-state index contributed by atoms with van der Waals surface area (Å²) >= 11 is 0. The van der Waals surface area contributed by atoms with Crippen LogP contribution in [0.3, 0.4) is 0 Å². The number of piperidine rings is 1. The van der Waals surface area contributed by atoms with Gasteiger partial charge >= 0.3 is 11.9 Å². The first kappa shape index (κ1) is 19.2. The molecule has 0 aromatic heterocycles. The van der Waals surface area contributed by atoms with Crippen LogP contribution < -0.4 is 10.1 Å². The van der Waals surface area contributed by atoms with Gasteiger partial charge in [-0.25, -0.2) is 9.59 Å². The summed E-state index contributed by atoms with van der Waals surface area (Å²) in [6.07, 6.45) is 4.85. The molecule has 146 valence electrons. The zero-order valence-electron chi connectivity index (χ0n) is 16.0. The lowest BCUT2D eigenvalue weighted by atomic mass is 10.0. The van der Waals surface area contributed by atoms with E-state index in [0.29, 0.717) is 24.1 Å². The Morgan fingerprint density at radius 2 is 1.93 bits per heavy atom. The van der Waals surface area contributed by atoms with Crippen LogP contribution in [-0.4, -0.2) is 48.9 Å². The summed E-state index contributed by atoms with van der Waals surface area (Å²) in [5, 5.41) is 2.97. The second kappa shape index (κ2) is 8.00. The van der Waals surface area contributed by atoms with Gasteiger partial charge in [-0.1, -0.05) is 18.6 Å². The Balaban J connectivity index is 1.67. The fraction of sp³-hybridized carbons (Fsp3) is 0.500. The Hall–Kier alpha value is -2.54. The number of ether oxygens (including phenoxy) is 3. The molecule has 0 radical (unpaired) electrons. The van der Waals surface area contributed by atoms with E-state index >= 15 is 0 Å². The third-order valence-corrected chi connectivity index (χ3v) is 4.73. The van der Waals surface area contributed by atoms with Gasteiger partial charge in [0.25, 0.3) is 5.79 Å². The lowest BCUT2D eigenvalue weighted by Gasteiger charge is -2.32. The number of carbonyl (C=O) groups is 2. The van der Waals surface area contributed by atoms with Crippen LogP contribution in [0.4, 0.5) is 5.69 Å². The van der Waals surface area contributed by atoms with Crippen molar-refractivity contribution in [3.63, 3.8) is 0 Å². The van der Waals surface area contributed by atoms with E-state index in [2.05, 4.69) is 17.3 Å². The first-order valence-electron chi connectivity index (χ1n) is 9.21. The van der Waals surface area contributed by atoms with Gasteiger partial charge in [0.2, 0.25) is 0 Å². The first-order chi connectivity index (χ1) is 12.9. The SMILES string of the molecule is CN1CCCCC1COc1ccccc1NC=C1C(=O)OC(C)(C)OC1=O. The quantitative estimate of drug-likeness (QED) is 0.482. The monoisotopic (exact) mass is 374 g/mol. The highest BCUT2D eigenvalue weighted by Crippen LogP contribution is 2.27. The molecule has 3 rings (SSSR count). The van der Waals surface area contributed by atoms with Crippen LogP contribution in [0, 0.1) is 0 Å². The molecule has 0 aliphatic carbocycles. The standard InChI is InChI=1S/C20H26N2O5/c1-20(2)26-18(23)15(19(24)27-20)12-21-16-9-4-5-10-17(16)25-13-14-8-6-7-11-22(14)3/h4-5,9-10,12,14,21H,6-8,11,13H2,1-3H3. The van der Waals surface area contributed by atoms with E-state index in [-0.39, 0.29) is 5.57 Å². The largest absolute Gasteiger partial charge is 0.490 e. The van der Waals surface area contributed by atoms with Crippen molar-refractivity contribution < 1.29 is 23.8 Å². The summed E-state index contributed by atoms with van der Waals surface area (Å²) in [5.41, 5.74) is 0.477. The Morgan fingerprint density at radius 1 is 1.22 bits per heavy atom. The zero-order valence-corrected chi connectivity index (χ0v) is 16.0. The van der Waals surface area contributed by atoms with Gasteiger partial charge in [-0.15, -0.1) is 0 Å². The summed E-state index contributed by atoms with van der Waals surface area (Å²) in [6.45, 7) is 4.70. The van der Waals surface area contributed by atoms with Crippen molar-refractivity contribution in [1.29, 1.82) is 0 Å². The van der Waals surface area contributed by atoms with E-state index in [1.54, 1.807) is 0 Å². The predicted molar refractivity (Wildman–Crippen MR) is 100 cm³/mol. The third kappa shape index (κ3) is 4.80. The number of likely N-dealkylation sites (N-methyl/N-ethyl adjacent to an activating group) is 1. The second-order valence-electron chi connectivity index (χ2n) is 7.32. The number of hydrogen-bond donors (Lipinski definition) is 1. The van der Waals surface area contributed by atoms with Crippen molar-refractivity contribution in [1.82, 2.24) is 4.90 Å². The van der Waals surface area contributed by atoms with E-state index in [4.69, 9.17) is 14.2 Å². The van der Waals surface area contributed by atoms with Gasteiger partial charge in [0.05, 0.1) is 5.69 Å². The maximum Gasteiger partial charge on any atom is 0.350 e. The molecule has 7 nitrogen and oxygen atoms in total. The smallest absolute Gasteiger partial charge is 0.350 e. The number of cyclic esters (lactones) is 2. The normalized spacial score (nSPS) is 22.6. The molecule has 2 aliphatic rings. The molecular weight excluding hydrogens is 348 g/mol. The summed E-state index contributed by atoms with van der Waals surface area (Å²) in [4.78, 5) is 26.4. The molecular formula is C20H26N2O5. The number of hydrogen-bond acceptors (Lipinski definition) is 7. The third-order valence-electron chi connectivity index (χ3n) is 4.73. The van der Waals surface area contributed by atoms with Crippen LogP contribution in [0.5, 0.6) is 5.75 Å². The molecule has 0 amide bonds. The van der Waals surface area contributed by atoms with E-state index < -0.39 is 17.7 Å². The van der Waals surface area contributed by atoms with Crippen LogP contribution in [0.25, 0.3) is 0 Å². The molecule has 1 aromatic rings. The molecule has 7 heteroatoms. The number of nitrogens with zero attached hydrogens (tertiary/aromatic N) is 1. The summed E-state index contributed by atoms with van der Waals surface area (Å²) in [7, 11) is 2.11. The number of benzene rings is 1.